The van der Waals surface area contributed by atoms with E-state index in [9.17, 15) is 9.59 Å². The fourth-order valence-electron chi connectivity index (χ4n) is 4.50. The first-order valence-corrected chi connectivity index (χ1v) is 10.1. The van der Waals surface area contributed by atoms with Gasteiger partial charge in [0, 0.05) is 17.5 Å². The predicted octanol–water partition coefficient (Wildman–Crippen LogP) is 4.03. The number of fused-ring (bicyclic) bond motifs is 3. The molecule has 6 heteroatoms. The number of amides is 1. The molecule has 0 bridgehead atoms. The Morgan fingerprint density at radius 3 is 2.41 bits per heavy atom. The second-order valence-electron chi connectivity index (χ2n) is 7.69. The largest absolute Gasteiger partial charge is 0.481 e. The Labute approximate surface area is 169 Å². The number of hydrogen-bond acceptors (Lipinski definition) is 4. The molecule has 0 spiro atoms. The van der Waals surface area contributed by atoms with Gasteiger partial charge in [-0.15, -0.1) is 0 Å². The average molecular weight is 394 g/mol. The lowest BCUT2D eigenvalue weighted by Gasteiger charge is -2.23. The normalized spacial score (nSPS) is 14.9. The van der Waals surface area contributed by atoms with Crippen LogP contribution in [0.3, 0.4) is 0 Å². The van der Waals surface area contributed by atoms with Crippen LogP contribution in [-0.2, 0) is 16.1 Å². The third-order valence-electron chi connectivity index (χ3n) is 5.88. The first kappa shape index (κ1) is 19.3. The van der Waals surface area contributed by atoms with Crippen LogP contribution in [0.4, 0.5) is 0 Å². The molecular formula is C23H26N2O4. The zero-order chi connectivity index (χ0) is 20.4. The van der Waals surface area contributed by atoms with E-state index >= 15 is 0 Å². The van der Waals surface area contributed by atoms with E-state index in [-0.39, 0.29) is 6.61 Å². The minimum absolute atomic E-state index is 0.191. The summed E-state index contributed by atoms with van der Waals surface area (Å²) in [6.45, 7) is 0.701. The molecule has 1 aliphatic rings. The zero-order valence-corrected chi connectivity index (χ0v) is 16.6. The molecule has 1 fully saturated rings. The van der Waals surface area contributed by atoms with Crippen molar-refractivity contribution in [2.24, 2.45) is 11.7 Å². The number of aromatic nitrogens is 1. The van der Waals surface area contributed by atoms with Crippen molar-refractivity contribution >= 4 is 33.7 Å². The van der Waals surface area contributed by atoms with Crippen molar-refractivity contribution in [3.8, 4) is 5.75 Å². The first-order valence-electron chi connectivity index (χ1n) is 10.1. The van der Waals surface area contributed by atoms with Gasteiger partial charge in [0.05, 0.1) is 23.5 Å². The van der Waals surface area contributed by atoms with Gasteiger partial charge >= 0.3 is 5.97 Å². The monoisotopic (exact) mass is 394 g/mol. The van der Waals surface area contributed by atoms with E-state index in [1.54, 1.807) is 6.07 Å². The third kappa shape index (κ3) is 3.67. The number of benzene rings is 2. The van der Waals surface area contributed by atoms with Crippen molar-refractivity contribution in [2.75, 3.05) is 13.7 Å². The van der Waals surface area contributed by atoms with Crippen LogP contribution in [0, 0.1) is 5.92 Å². The van der Waals surface area contributed by atoms with Crippen molar-refractivity contribution in [2.45, 2.75) is 38.6 Å². The number of nitrogens with zero attached hydrogens (tertiary/aromatic N) is 1. The van der Waals surface area contributed by atoms with Gasteiger partial charge in [0.25, 0.3) is 0 Å². The fraction of sp³-hybridized carbons (Fsp3) is 0.391. The molecule has 0 saturated heterocycles. The Morgan fingerprint density at radius 1 is 1.03 bits per heavy atom. The SMILES string of the molecule is COC(=O)COc1cccc2c1c1c(C(N)=O)cccc1n2CC1CCCCC1. The van der Waals surface area contributed by atoms with Crippen molar-refractivity contribution in [3.63, 3.8) is 0 Å². The summed E-state index contributed by atoms with van der Waals surface area (Å²) in [5.41, 5.74) is 8.11. The molecule has 0 aliphatic heterocycles. The summed E-state index contributed by atoms with van der Waals surface area (Å²) < 4.78 is 12.7. The molecule has 29 heavy (non-hydrogen) atoms. The lowest BCUT2D eigenvalue weighted by Crippen LogP contribution is -2.14. The zero-order valence-electron chi connectivity index (χ0n) is 16.6. The van der Waals surface area contributed by atoms with E-state index in [1.807, 2.05) is 30.3 Å². The van der Waals surface area contributed by atoms with Crippen LogP contribution in [0.25, 0.3) is 21.8 Å². The lowest BCUT2D eigenvalue weighted by atomic mass is 9.89. The van der Waals surface area contributed by atoms with Gasteiger partial charge in [-0.3, -0.25) is 4.79 Å². The molecular weight excluding hydrogens is 368 g/mol. The van der Waals surface area contributed by atoms with Gasteiger partial charge in [0.15, 0.2) is 6.61 Å². The van der Waals surface area contributed by atoms with Gasteiger partial charge in [-0.25, -0.2) is 4.79 Å². The van der Waals surface area contributed by atoms with E-state index in [0.717, 1.165) is 28.4 Å². The Balaban J connectivity index is 1.90. The molecule has 4 rings (SSSR count). The summed E-state index contributed by atoms with van der Waals surface area (Å²) in [6.07, 6.45) is 6.27. The van der Waals surface area contributed by atoms with E-state index in [1.165, 1.54) is 39.2 Å². The molecule has 1 aromatic heterocycles. The van der Waals surface area contributed by atoms with Gasteiger partial charge in [-0.1, -0.05) is 31.4 Å². The van der Waals surface area contributed by atoms with Crippen molar-refractivity contribution in [1.82, 2.24) is 4.57 Å². The van der Waals surface area contributed by atoms with Gasteiger partial charge in [0.2, 0.25) is 5.91 Å². The molecule has 0 unspecified atom stereocenters. The number of nitrogens with two attached hydrogens (primary N) is 1. The maximum atomic E-state index is 12.2. The van der Waals surface area contributed by atoms with Gasteiger partial charge in [0.1, 0.15) is 5.75 Å². The highest BCUT2D eigenvalue weighted by Gasteiger charge is 2.22. The number of ether oxygens (including phenoxy) is 2. The molecule has 0 atom stereocenters. The standard InChI is InChI=1S/C23H26N2O4/c1-28-20(26)14-29-19-12-6-11-18-22(19)21-16(23(24)27)9-5-10-17(21)25(18)13-15-7-3-2-4-8-15/h5-6,9-12,15H,2-4,7-8,13-14H2,1H3,(H2,24,27). The summed E-state index contributed by atoms with van der Waals surface area (Å²) in [5.74, 6) is 0.228. The molecule has 152 valence electrons. The van der Waals surface area contributed by atoms with Crippen molar-refractivity contribution < 1.29 is 19.1 Å². The second-order valence-corrected chi connectivity index (χ2v) is 7.69. The van der Waals surface area contributed by atoms with E-state index < -0.39 is 11.9 Å². The van der Waals surface area contributed by atoms with E-state index in [0.29, 0.717) is 17.2 Å². The summed E-state index contributed by atoms with van der Waals surface area (Å²) in [7, 11) is 1.33. The van der Waals surface area contributed by atoms with Crippen molar-refractivity contribution in [1.29, 1.82) is 0 Å². The van der Waals surface area contributed by atoms with Crippen LogP contribution < -0.4 is 10.5 Å². The Bertz CT molecular complexity index is 1060. The van der Waals surface area contributed by atoms with E-state index in [4.69, 9.17) is 15.2 Å². The van der Waals surface area contributed by atoms with Gasteiger partial charge < -0.3 is 19.8 Å². The summed E-state index contributed by atoms with van der Waals surface area (Å²) in [4.78, 5) is 23.8. The number of hydrogen-bond donors (Lipinski definition) is 1. The van der Waals surface area contributed by atoms with Crippen LogP contribution in [0.15, 0.2) is 36.4 Å². The van der Waals surface area contributed by atoms with Crippen LogP contribution in [0.5, 0.6) is 5.75 Å². The van der Waals surface area contributed by atoms with Gasteiger partial charge in [-0.05, 0) is 43.0 Å². The molecule has 0 radical (unpaired) electrons. The predicted molar refractivity (Wildman–Crippen MR) is 112 cm³/mol. The lowest BCUT2D eigenvalue weighted by molar-refractivity contribution is -0.142. The summed E-state index contributed by atoms with van der Waals surface area (Å²) in [5, 5.41) is 1.60. The third-order valence-corrected chi connectivity index (χ3v) is 5.88. The summed E-state index contributed by atoms with van der Waals surface area (Å²) >= 11 is 0. The average Bonchev–Trinajstić information content (AvgIpc) is 3.07. The highest BCUT2D eigenvalue weighted by Crippen LogP contribution is 2.39. The van der Waals surface area contributed by atoms with E-state index in [2.05, 4.69) is 4.57 Å². The summed E-state index contributed by atoms with van der Waals surface area (Å²) in [6, 6.07) is 11.4. The van der Waals surface area contributed by atoms with Crippen molar-refractivity contribution in [3.05, 3.63) is 42.0 Å². The minimum Gasteiger partial charge on any atom is -0.481 e. The number of methoxy groups -OCH3 is 1. The van der Waals surface area contributed by atoms with Crippen LogP contribution in [-0.4, -0.2) is 30.2 Å². The molecule has 6 nitrogen and oxygen atoms in total. The highest BCUT2D eigenvalue weighted by atomic mass is 16.6. The quantitative estimate of drug-likeness (QED) is 0.640. The fourth-order valence-corrected chi connectivity index (χ4v) is 4.50. The maximum Gasteiger partial charge on any atom is 0.343 e. The number of rotatable bonds is 6. The number of carbonyl (C=O) groups excluding carboxylic acids is 2. The highest BCUT2D eigenvalue weighted by molar-refractivity contribution is 6.19. The maximum absolute atomic E-state index is 12.2. The van der Waals surface area contributed by atoms with Crippen LogP contribution >= 0.6 is 0 Å². The Hall–Kier alpha value is -3.02. The molecule has 1 heterocycles. The van der Waals surface area contributed by atoms with Crippen LogP contribution in [0.1, 0.15) is 42.5 Å². The molecule has 2 N–H and O–H groups in total. The number of primary amides is 1. The second kappa shape index (κ2) is 8.15. The first-order chi connectivity index (χ1) is 14.1. The Kier molecular flexibility index (Phi) is 5.43. The molecule has 1 aliphatic carbocycles. The minimum atomic E-state index is -0.477. The Morgan fingerprint density at radius 2 is 1.72 bits per heavy atom. The molecule has 3 aromatic rings. The number of esters is 1. The smallest absolute Gasteiger partial charge is 0.343 e. The van der Waals surface area contributed by atoms with Crippen LogP contribution in [0.2, 0.25) is 0 Å². The molecule has 2 aromatic carbocycles. The molecule has 1 saturated carbocycles. The topological polar surface area (TPSA) is 83.6 Å². The molecule has 1 amide bonds. The van der Waals surface area contributed by atoms with Gasteiger partial charge in [-0.2, -0.15) is 0 Å². The number of carbonyl (C=O) groups is 2.